The van der Waals surface area contributed by atoms with Crippen molar-refractivity contribution in [3.05, 3.63) is 18.6 Å². The van der Waals surface area contributed by atoms with E-state index in [0.717, 1.165) is 0 Å². The number of hydrogen-bond donors (Lipinski definition) is 0. The van der Waals surface area contributed by atoms with Gasteiger partial charge in [0.25, 0.3) is 0 Å². The lowest BCUT2D eigenvalue weighted by atomic mass is 9.74. The molecule has 0 spiro atoms. The van der Waals surface area contributed by atoms with Crippen molar-refractivity contribution < 1.29 is 0 Å². The first kappa shape index (κ1) is 9.74. The highest BCUT2D eigenvalue weighted by Gasteiger charge is 2.24. The molecule has 0 aromatic heterocycles. The Labute approximate surface area is 65.3 Å². The summed E-state index contributed by atoms with van der Waals surface area (Å²) in [5, 5.41) is 0. The molecule has 1 atom stereocenters. The van der Waals surface area contributed by atoms with Gasteiger partial charge in [-0.3, -0.25) is 0 Å². The third-order valence-electron chi connectivity index (χ3n) is 1.79. The van der Waals surface area contributed by atoms with Crippen LogP contribution in [0.15, 0.2) is 12.7 Å². The Morgan fingerprint density at radius 3 is 1.70 bits per heavy atom. The van der Waals surface area contributed by atoms with Gasteiger partial charge >= 0.3 is 0 Å². The SMILES string of the molecule is C=CC([C](C)C)C(C)(C)C. The van der Waals surface area contributed by atoms with Crippen molar-refractivity contribution in [2.45, 2.75) is 34.6 Å². The first-order chi connectivity index (χ1) is 4.39. The normalized spacial score (nSPS) is 15.4. The smallest absolute Gasteiger partial charge is 0.0131 e. The zero-order chi connectivity index (χ0) is 8.36. The zero-order valence-electron chi connectivity index (χ0n) is 7.86. The van der Waals surface area contributed by atoms with Crippen LogP contribution in [0.25, 0.3) is 0 Å². The van der Waals surface area contributed by atoms with Crippen LogP contribution in [0.2, 0.25) is 0 Å². The van der Waals surface area contributed by atoms with E-state index in [0.29, 0.717) is 11.3 Å². The summed E-state index contributed by atoms with van der Waals surface area (Å²) in [5.74, 6) is 2.00. The van der Waals surface area contributed by atoms with E-state index in [2.05, 4.69) is 41.2 Å². The first-order valence-corrected chi connectivity index (χ1v) is 3.82. The third-order valence-corrected chi connectivity index (χ3v) is 1.79. The van der Waals surface area contributed by atoms with Crippen LogP contribution >= 0.6 is 0 Å². The van der Waals surface area contributed by atoms with Gasteiger partial charge in [0.2, 0.25) is 0 Å². The predicted octanol–water partition coefficient (Wildman–Crippen LogP) is 3.45. The summed E-state index contributed by atoms with van der Waals surface area (Å²) in [4.78, 5) is 0. The Bertz CT molecular complexity index is 104. The first-order valence-electron chi connectivity index (χ1n) is 3.82. The second kappa shape index (κ2) is 3.23. The summed E-state index contributed by atoms with van der Waals surface area (Å²) < 4.78 is 0. The van der Waals surface area contributed by atoms with Gasteiger partial charge in [-0.2, -0.15) is 0 Å². The summed E-state index contributed by atoms with van der Waals surface area (Å²) in [6.45, 7) is 14.9. The van der Waals surface area contributed by atoms with Gasteiger partial charge in [0.15, 0.2) is 0 Å². The minimum atomic E-state index is 0.334. The van der Waals surface area contributed by atoms with Gasteiger partial charge in [-0.15, -0.1) is 6.58 Å². The van der Waals surface area contributed by atoms with Crippen molar-refractivity contribution in [1.82, 2.24) is 0 Å². The van der Waals surface area contributed by atoms with Crippen molar-refractivity contribution in [3.63, 3.8) is 0 Å². The topological polar surface area (TPSA) is 0 Å². The molecule has 0 saturated heterocycles. The fourth-order valence-corrected chi connectivity index (χ4v) is 1.46. The van der Waals surface area contributed by atoms with E-state index >= 15 is 0 Å². The molecule has 0 heteroatoms. The van der Waals surface area contributed by atoms with Crippen molar-refractivity contribution in [1.29, 1.82) is 0 Å². The average Bonchev–Trinajstić information content (AvgIpc) is 1.60. The molecule has 0 aliphatic heterocycles. The third kappa shape index (κ3) is 2.55. The van der Waals surface area contributed by atoms with Crippen molar-refractivity contribution in [2.24, 2.45) is 11.3 Å². The maximum absolute atomic E-state index is 3.83. The molecule has 0 bridgehead atoms. The Hall–Kier alpha value is -0.260. The fraction of sp³-hybridized carbons (Fsp3) is 0.700. The van der Waals surface area contributed by atoms with Crippen LogP contribution in [0.1, 0.15) is 34.6 Å². The Kier molecular flexibility index (Phi) is 3.14. The van der Waals surface area contributed by atoms with E-state index in [4.69, 9.17) is 0 Å². The molecule has 0 nitrogen and oxygen atoms in total. The molecule has 59 valence electrons. The molecule has 0 N–H and O–H groups in total. The highest BCUT2D eigenvalue weighted by Crippen LogP contribution is 2.33. The van der Waals surface area contributed by atoms with E-state index < -0.39 is 0 Å². The lowest BCUT2D eigenvalue weighted by Gasteiger charge is -2.30. The number of allylic oxidation sites excluding steroid dienone is 1. The minimum absolute atomic E-state index is 0.334. The lowest BCUT2D eigenvalue weighted by molar-refractivity contribution is 0.306. The molecule has 10 heavy (non-hydrogen) atoms. The van der Waals surface area contributed by atoms with Crippen LogP contribution in [0.3, 0.4) is 0 Å². The molecular weight excluding hydrogens is 120 g/mol. The molecule has 0 aliphatic rings. The lowest BCUT2D eigenvalue weighted by Crippen LogP contribution is -2.21. The van der Waals surface area contributed by atoms with Crippen LogP contribution in [-0.2, 0) is 0 Å². The summed E-state index contributed by atoms with van der Waals surface area (Å²) >= 11 is 0. The van der Waals surface area contributed by atoms with E-state index in [1.165, 1.54) is 5.92 Å². The molecule has 0 fully saturated rings. The quantitative estimate of drug-likeness (QED) is 0.514. The maximum atomic E-state index is 3.83. The van der Waals surface area contributed by atoms with Gasteiger partial charge in [0, 0.05) is 0 Å². The fourth-order valence-electron chi connectivity index (χ4n) is 1.46. The van der Waals surface area contributed by atoms with Crippen LogP contribution < -0.4 is 0 Å². The molecule has 0 aromatic rings. The van der Waals surface area contributed by atoms with E-state index in [-0.39, 0.29) is 0 Å². The van der Waals surface area contributed by atoms with Gasteiger partial charge in [0.1, 0.15) is 0 Å². The van der Waals surface area contributed by atoms with Gasteiger partial charge in [-0.1, -0.05) is 40.7 Å². The Morgan fingerprint density at radius 2 is 1.70 bits per heavy atom. The summed E-state index contributed by atoms with van der Waals surface area (Å²) in [5.41, 5.74) is 0.334. The number of hydrogen-bond acceptors (Lipinski definition) is 0. The molecule has 1 radical (unpaired) electrons. The summed E-state index contributed by atoms with van der Waals surface area (Å²) in [6, 6.07) is 0. The van der Waals surface area contributed by atoms with E-state index in [1.54, 1.807) is 0 Å². The molecule has 0 aliphatic carbocycles. The van der Waals surface area contributed by atoms with Crippen LogP contribution in [-0.4, -0.2) is 0 Å². The second-order valence-corrected chi connectivity index (χ2v) is 4.16. The average molecular weight is 139 g/mol. The molecule has 1 unspecified atom stereocenters. The van der Waals surface area contributed by atoms with Gasteiger partial charge < -0.3 is 0 Å². The molecule has 0 rings (SSSR count). The summed E-state index contributed by atoms with van der Waals surface area (Å²) in [6.07, 6.45) is 2.04. The second-order valence-electron chi connectivity index (χ2n) is 4.16. The van der Waals surface area contributed by atoms with Crippen molar-refractivity contribution >= 4 is 0 Å². The van der Waals surface area contributed by atoms with Gasteiger partial charge in [-0.05, 0) is 17.3 Å². The van der Waals surface area contributed by atoms with Crippen molar-refractivity contribution in [3.8, 4) is 0 Å². The van der Waals surface area contributed by atoms with Crippen LogP contribution in [0.5, 0.6) is 0 Å². The minimum Gasteiger partial charge on any atom is -0.103 e. The molecular formula is C10H19. The Morgan fingerprint density at radius 1 is 1.30 bits per heavy atom. The highest BCUT2D eigenvalue weighted by molar-refractivity contribution is 5.02. The molecule has 0 saturated carbocycles. The zero-order valence-corrected chi connectivity index (χ0v) is 7.86. The van der Waals surface area contributed by atoms with Crippen LogP contribution in [0.4, 0.5) is 0 Å². The number of rotatable bonds is 2. The molecule has 0 heterocycles. The molecule has 0 aromatic carbocycles. The molecule has 0 amide bonds. The Balaban J connectivity index is 4.21. The van der Waals surface area contributed by atoms with Gasteiger partial charge in [-0.25, -0.2) is 0 Å². The van der Waals surface area contributed by atoms with E-state index in [1.807, 2.05) is 6.08 Å². The van der Waals surface area contributed by atoms with E-state index in [9.17, 15) is 0 Å². The predicted molar refractivity (Wildman–Crippen MR) is 47.7 cm³/mol. The van der Waals surface area contributed by atoms with Gasteiger partial charge in [0.05, 0.1) is 0 Å². The van der Waals surface area contributed by atoms with Crippen LogP contribution in [0, 0.1) is 17.3 Å². The maximum Gasteiger partial charge on any atom is -0.0131 e. The highest BCUT2D eigenvalue weighted by atomic mass is 14.3. The largest absolute Gasteiger partial charge is 0.103 e. The standard InChI is InChI=1S/C10H19/c1-7-9(8(2)3)10(4,5)6/h7,9H,1H2,2-6H3. The summed E-state index contributed by atoms with van der Waals surface area (Å²) in [7, 11) is 0. The van der Waals surface area contributed by atoms with Crippen molar-refractivity contribution in [2.75, 3.05) is 0 Å². The monoisotopic (exact) mass is 139 g/mol.